The molecule has 0 spiro atoms. The topological polar surface area (TPSA) is 17.1 Å². The molecule has 0 radical (unpaired) electrons. The Morgan fingerprint density at radius 3 is 2.60 bits per heavy atom. The van der Waals surface area contributed by atoms with Crippen LogP contribution < -0.4 is 0 Å². The third kappa shape index (κ3) is 3.71. The van der Waals surface area contributed by atoms with Crippen LogP contribution in [0.4, 0.5) is 0 Å². The molecule has 0 N–H and O–H groups in total. The molecule has 0 heterocycles. The SMILES string of the molecule is CCC(SCc1ccccc1C)C(C)=O. The van der Waals surface area contributed by atoms with Gasteiger partial charge in [0.25, 0.3) is 0 Å². The van der Waals surface area contributed by atoms with Gasteiger partial charge in [-0.05, 0) is 31.4 Å². The van der Waals surface area contributed by atoms with Crippen LogP contribution in [0.1, 0.15) is 31.4 Å². The summed E-state index contributed by atoms with van der Waals surface area (Å²) in [6.45, 7) is 5.86. The van der Waals surface area contributed by atoms with Gasteiger partial charge in [0.2, 0.25) is 0 Å². The Kier molecular flexibility index (Phi) is 4.89. The molecule has 0 saturated heterocycles. The third-order valence-electron chi connectivity index (χ3n) is 2.53. The zero-order valence-electron chi connectivity index (χ0n) is 9.62. The van der Waals surface area contributed by atoms with Crippen molar-refractivity contribution >= 4 is 17.5 Å². The molecule has 82 valence electrons. The van der Waals surface area contributed by atoms with Crippen molar-refractivity contribution in [3.63, 3.8) is 0 Å². The fraction of sp³-hybridized carbons (Fsp3) is 0.462. The van der Waals surface area contributed by atoms with Crippen molar-refractivity contribution in [2.24, 2.45) is 0 Å². The average molecular weight is 222 g/mol. The summed E-state index contributed by atoms with van der Waals surface area (Å²) in [4.78, 5) is 11.3. The van der Waals surface area contributed by atoms with Gasteiger partial charge in [-0.3, -0.25) is 4.79 Å². The first-order valence-electron chi connectivity index (χ1n) is 5.31. The number of rotatable bonds is 5. The van der Waals surface area contributed by atoms with E-state index in [2.05, 4.69) is 32.0 Å². The maximum Gasteiger partial charge on any atom is 0.142 e. The number of hydrogen-bond donors (Lipinski definition) is 0. The van der Waals surface area contributed by atoms with E-state index in [0.29, 0.717) is 0 Å². The monoisotopic (exact) mass is 222 g/mol. The van der Waals surface area contributed by atoms with Crippen LogP contribution in [0.25, 0.3) is 0 Å². The number of hydrogen-bond acceptors (Lipinski definition) is 2. The molecule has 0 aliphatic carbocycles. The Balaban J connectivity index is 2.56. The summed E-state index contributed by atoms with van der Waals surface area (Å²) in [5.41, 5.74) is 2.64. The number of carbonyl (C=O) groups excluding carboxylic acids is 1. The molecule has 0 aliphatic heterocycles. The van der Waals surface area contributed by atoms with Crippen molar-refractivity contribution < 1.29 is 4.79 Å². The van der Waals surface area contributed by atoms with Gasteiger partial charge in [0.15, 0.2) is 0 Å². The minimum atomic E-state index is 0.157. The molecular weight excluding hydrogens is 204 g/mol. The zero-order chi connectivity index (χ0) is 11.3. The summed E-state index contributed by atoms with van der Waals surface area (Å²) < 4.78 is 0. The quantitative estimate of drug-likeness (QED) is 0.757. The van der Waals surface area contributed by atoms with Crippen LogP contribution in [-0.4, -0.2) is 11.0 Å². The highest BCUT2D eigenvalue weighted by Crippen LogP contribution is 2.22. The smallest absolute Gasteiger partial charge is 0.142 e. The minimum absolute atomic E-state index is 0.157. The van der Waals surface area contributed by atoms with E-state index in [4.69, 9.17) is 0 Å². The number of aryl methyl sites for hydroxylation is 1. The summed E-state index contributed by atoms with van der Waals surface area (Å²) in [5.74, 6) is 1.22. The Labute approximate surface area is 96.3 Å². The predicted molar refractivity (Wildman–Crippen MR) is 67.2 cm³/mol. The Morgan fingerprint density at radius 1 is 1.40 bits per heavy atom. The number of benzene rings is 1. The van der Waals surface area contributed by atoms with E-state index in [1.807, 2.05) is 6.07 Å². The largest absolute Gasteiger partial charge is 0.299 e. The maximum absolute atomic E-state index is 11.3. The first kappa shape index (κ1) is 12.3. The number of carbonyl (C=O) groups is 1. The van der Waals surface area contributed by atoms with Crippen LogP contribution in [0, 0.1) is 6.92 Å². The Morgan fingerprint density at radius 2 is 2.07 bits per heavy atom. The molecule has 1 unspecified atom stereocenters. The van der Waals surface area contributed by atoms with Gasteiger partial charge < -0.3 is 0 Å². The van der Waals surface area contributed by atoms with Crippen molar-refractivity contribution in [2.75, 3.05) is 0 Å². The van der Waals surface area contributed by atoms with E-state index >= 15 is 0 Å². The second-order valence-electron chi connectivity index (χ2n) is 3.75. The van der Waals surface area contributed by atoms with Crippen molar-refractivity contribution in [1.29, 1.82) is 0 Å². The van der Waals surface area contributed by atoms with Gasteiger partial charge >= 0.3 is 0 Å². The molecule has 15 heavy (non-hydrogen) atoms. The lowest BCUT2D eigenvalue weighted by molar-refractivity contribution is -0.116. The van der Waals surface area contributed by atoms with Crippen LogP contribution in [-0.2, 0) is 10.5 Å². The highest BCUT2D eigenvalue weighted by molar-refractivity contribution is 7.99. The van der Waals surface area contributed by atoms with Gasteiger partial charge in [0, 0.05) is 5.75 Å². The molecule has 0 aromatic heterocycles. The van der Waals surface area contributed by atoms with Crippen molar-refractivity contribution in [2.45, 2.75) is 38.2 Å². The molecule has 1 nitrogen and oxygen atoms in total. The lowest BCUT2D eigenvalue weighted by atomic mass is 10.1. The molecule has 0 fully saturated rings. The molecule has 2 heteroatoms. The van der Waals surface area contributed by atoms with Gasteiger partial charge in [0.1, 0.15) is 5.78 Å². The number of thioether (sulfide) groups is 1. The highest BCUT2D eigenvalue weighted by atomic mass is 32.2. The van der Waals surface area contributed by atoms with Crippen LogP contribution in [0.2, 0.25) is 0 Å². The molecule has 0 aliphatic rings. The fourth-order valence-corrected chi connectivity index (χ4v) is 2.66. The zero-order valence-corrected chi connectivity index (χ0v) is 10.4. The molecule has 0 bridgehead atoms. The first-order chi connectivity index (χ1) is 7.15. The predicted octanol–water partition coefficient (Wildman–Crippen LogP) is 3.60. The molecule has 0 saturated carbocycles. The van der Waals surface area contributed by atoms with Gasteiger partial charge in [-0.2, -0.15) is 0 Å². The van der Waals surface area contributed by atoms with Crippen molar-refractivity contribution in [1.82, 2.24) is 0 Å². The number of ketones is 1. The van der Waals surface area contributed by atoms with Gasteiger partial charge in [-0.25, -0.2) is 0 Å². The van der Waals surface area contributed by atoms with Crippen molar-refractivity contribution in [3.8, 4) is 0 Å². The second kappa shape index (κ2) is 5.96. The average Bonchev–Trinajstić information content (AvgIpc) is 2.21. The van der Waals surface area contributed by atoms with Crippen LogP contribution >= 0.6 is 11.8 Å². The lowest BCUT2D eigenvalue weighted by Crippen LogP contribution is -2.12. The Hall–Kier alpha value is -0.760. The van der Waals surface area contributed by atoms with E-state index in [1.165, 1.54) is 11.1 Å². The van der Waals surface area contributed by atoms with Gasteiger partial charge in [-0.1, -0.05) is 31.2 Å². The summed E-state index contributed by atoms with van der Waals surface area (Å²) >= 11 is 1.75. The third-order valence-corrected chi connectivity index (χ3v) is 4.07. The summed E-state index contributed by atoms with van der Waals surface area (Å²) in [7, 11) is 0. The first-order valence-corrected chi connectivity index (χ1v) is 6.36. The molecule has 1 aromatic rings. The fourth-order valence-electron chi connectivity index (χ4n) is 1.49. The standard InChI is InChI=1S/C13H18OS/c1-4-13(11(3)14)15-9-12-8-6-5-7-10(12)2/h5-8,13H,4,9H2,1-3H3. The normalized spacial score (nSPS) is 12.5. The molecule has 1 atom stereocenters. The highest BCUT2D eigenvalue weighted by Gasteiger charge is 2.12. The van der Waals surface area contributed by atoms with Crippen LogP contribution in [0.5, 0.6) is 0 Å². The van der Waals surface area contributed by atoms with E-state index in [1.54, 1.807) is 18.7 Å². The van der Waals surface area contributed by atoms with Gasteiger partial charge in [0.05, 0.1) is 5.25 Å². The van der Waals surface area contributed by atoms with Crippen LogP contribution in [0.3, 0.4) is 0 Å². The lowest BCUT2D eigenvalue weighted by Gasteiger charge is -2.11. The summed E-state index contributed by atoms with van der Waals surface area (Å²) in [5, 5.41) is 0.157. The van der Waals surface area contributed by atoms with E-state index in [9.17, 15) is 4.79 Å². The second-order valence-corrected chi connectivity index (χ2v) is 4.94. The summed E-state index contributed by atoms with van der Waals surface area (Å²) in [6.07, 6.45) is 0.923. The van der Waals surface area contributed by atoms with Crippen LogP contribution in [0.15, 0.2) is 24.3 Å². The van der Waals surface area contributed by atoms with E-state index in [-0.39, 0.29) is 11.0 Å². The van der Waals surface area contributed by atoms with Crippen molar-refractivity contribution in [3.05, 3.63) is 35.4 Å². The summed E-state index contributed by atoms with van der Waals surface area (Å²) in [6, 6.07) is 8.35. The molecule has 1 aromatic carbocycles. The van der Waals surface area contributed by atoms with E-state index < -0.39 is 0 Å². The minimum Gasteiger partial charge on any atom is -0.299 e. The molecular formula is C13H18OS. The maximum atomic E-state index is 11.3. The van der Waals surface area contributed by atoms with Gasteiger partial charge in [-0.15, -0.1) is 11.8 Å². The number of Topliss-reactive ketones (excluding diaryl/α,β-unsaturated/α-hetero) is 1. The molecule has 1 rings (SSSR count). The molecule has 0 amide bonds. The van der Waals surface area contributed by atoms with E-state index in [0.717, 1.165) is 12.2 Å². The Bertz CT molecular complexity index is 333.